The van der Waals surface area contributed by atoms with Crippen LogP contribution in [0.1, 0.15) is 64.7 Å². The molecule has 4 atom stereocenters. The van der Waals surface area contributed by atoms with Crippen LogP contribution in [0.2, 0.25) is 0 Å². The topological polar surface area (TPSA) is 21.3 Å². The third kappa shape index (κ3) is 6.55. The van der Waals surface area contributed by atoms with Crippen molar-refractivity contribution in [3.8, 4) is 0 Å². The van der Waals surface area contributed by atoms with Crippen molar-refractivity contribution in [2.75, 3.05) is 6.61 Å². The Morgan fingerprint density at radius 2 is 1.67 bits per heavy atom. The van der Waals surface area contributed by atoms with Crippen LogP contribution in [0.5, 0.6) is 0 Å². The van der Waals surface area contributed by atoms with Crippen LogP contribution in [0.4, 0.5) is 13.2 Å². The highest BCUT2D eigenvalue weighted by molar-refractivity contribution is 4.83. The lowest BCUT2D eigenvalue weighted by molar-refractivity contribution is -0.188. The molecule has 21 heavy (non-hydrogen) atoms. The molecule has 2 rings (SSSR count). The Kier molecular flexibility index (Phi) is 6.35. The summed E-state index contributed by atoms with van der Waals surface area (Å²) < 4.78 is 41.7. The fourth-order valence-corrected chi connectivity index (χ4v) is 3.65. The number of hydrogen-bond acceptors (Lipinski definition) is 2. The van der Waals surface area contributed by atoms with Crippen molar-refractivity contribution in [3.05, 3.63) is 0 Å². The lowest BCUT2D eigenvalue weighted by atomic mass is 9.91. The quantitative estimate of drug-likeness (QED) is 0.776. The van der Waals surface area contributed by atoms with Crippen LogP contribution in [0.15, 0.2) is 0 Å². The van der Waals surface area contributed by atoms with Crippen LogP contribution < -0.4 is 5.32 Å². The first-order valence-corrected chi connectivity index (χ1v) is 8.37. The van der Waals surface area contributed by atoms with Gasteiger partial charge in [0.25, 0.3) is 0 Å². The van der Waals surface area contributed by atoms with E-state index in [1.165, 1.54) is 32.1 Å². The Hall–Kier alpha value is -0.290. The van der Waals surface area contributed by atoms with Gasteiger partial charge >= 0.3 is 6.18 Å². The zero-order chi connectivity index (χ0) is 15.3. The van der Waals surface area contributed by atoms with Crippen molar-refractivity contribution in [1.29, 1.82) is 0 Å². The number of nitrogens with one attached hydrogen (secondary N) is 1. The molecule has 0 spiro atoms. The van der Waals surface area contributed by atoms with E-state index in [2.05, 4.69) is 12.2 Å². The second-order valence-corrected chi connectivity index (χ2v) is 6.89. The van der Waals surface area contributed by atoms with E-state index in [1.54, 1.807) is 0 Å². The molecule has 2 aliphatic carbocycles. The van der Waals surface area contributed by atoms with Crippen molar-refractivity contribution in [3.63, 3.8) is 0 Å². The van der Waals surface area contributed by atoms with Gasteiger partial charge < -0.3 is 10.1 Å². The summed E-state index contributed by atoms with van der Waals surface area (Å²) in [4.78, 5) is 0. The van der Waals surface area contributed by atoms with Crippen molar-refractivity contribution >= 4 is 0 Å². The molecule has 0 heterocycles. The van der Waals surface area contributed by atoms with E-state index in [9.17, 15) is 13.2 Å². The molecule has 4 unspecified atom stereocenters. The largest absolute Gasteiger partial charge is 0.411 e. The number of alkyl halides is 3. The van der Waals surface area contributed by atoms with E-state index in [4.69, 9.17) is 4.74 Å². The number of halogens is 3. The van der Waals surface area contributed by atoms with Gasteiger partial charge in [0.05, 0.1) is 6.10 Å². The monoisotopic (exact) mass is 307 g/mol. The van der Waals surface area contributed by atoms with Crippen LogP contribution in [0.3, 0.4) is 0 Å². The summed E-state index contributed by atoms with van der Waals surface area (Å²) in [7, 11) is 0. The molecule has 0 radical (unpaired) electrons. The molecule has 0 aromatic heterocycles. The van der Waals surface area contributed by atoms with Gasteiger partial charge in [-0.05, 0) is 50.9 Å². The molecule has 0 aliphatic heterocycles. The highest BCUT2D eigenvalue weighted by Crippen LogP contribution is 2.27. The second-order valence-electron chi connectivity index (χ2n) is 6.89. The van der Waals surface area contributed by atoms with E-state index >= 15 is 0 Å². The first-order valence-electron chi connectivity index (χ1n) is 8.37. The standard InChI is InChI=1S/C16H28F3NO/c1-12-4-2-5-13(9-8-12)20-14-6-3-7-15(10-14)21-11-16(17,18)19/h12-15,20H,2-11H2,1H3. The number of ether oxygens (including phenoxy) is 1. The molecule has 2 saturated carbocycles. The second kappa shape index (κ2) is 7.82. The van der Waals surface area contributed by atoms with Gasteiger partial charge in [-0.3, -0.25) is 0 Å². The van der Waals surface area contributed by atoms with E-state index < -0.39 is 12.8 Å². The molecule has 0 amide bonds. The number of hydrogen-bond donors (Lipinski definition) is 1. The van der Waals surface area contributed by atoms with E-state index in [-0.39, 0.29) is 6.10 Å². The van der Waals surface area contributed by atoms with Gasteiger partial charge in [0.1, 0.15) is 6.61 Å². The van der Waals surface area contributed by atoms with Gasteiger partial charge in [-0.15, -0.1) is 0 Å². The third-order valence-electron chi connectivity index (χ3n) is 4.84. The fraction of sp³-hybridized carbons (Fsp3) is 1.00. The van der Waals surface area contributed by atoms with Gasteiger partial charge in [-0.25, -0.2) is 0 Å². The normalized spacial score (nSPS) is 35.4. The fourth-order valence-electron chi connectivity index (χ4n) is 3.65. The van der Waals surface area contributed by atoms with Crippen molar-refractivity contribution in [1.82, 2.24) is 5.32 Å². The zero-order valence-electron chi connectivity index (χ0n) is 12.9. The lowest BCUT2D eigenvalue weighted by Crippen LogP contribution is -2.43. The SMILES string of the molecule is CC1CCCC(NC2CCCC(OCC(F)(F)F)C2)CC1. The first-order chi connectivity index (χ1) is 9.92. The molecule has 0 bridgehead atoms. The van der Waals surface area contributed by atoms with E-state index in [0.29, 0.717) is 12.1 Å². The van der Waals surface area contributed by atoms with E-state index in [0.717, 1.165) is 31.6 Å². The molecule has 0 saturated heterocycles. The summed E-state index contributed by atoms with van der Waals surface area (Å²) in [5, 5.41) is 3.68. The summed E-state index contributed by atoms with van der Waals surface area (Å²) in [6.07, 6.45) is 5.30. The van der Waals surface area contributed by atoms with Crippen molar-refractivity contribution in [2.24, 2.45) is 5.92 Å². The highest BCUT2D eigenvalue weighted by Gasteiger charge is 2.31. The van der Waals surface area contributed by atoms with Crippen LogP contribution in [-0.4, -0.2) is 31.0 Å². The van der Waals surface area contributed by atoms with Crippen LogP contribution in [0, 0.1) is 5.92 Å². The third-order valence-corrected chi connectivity index (χ3v) is 4.84. The number of rotatable bonds is 4. The Morgan fingerprint density at radius 1 is 0.952 bits per heavy atom. The summed E-state index contributed by atoms with van der Waals surface area (Å²) in [5.41, 5.74) is 0. The molecule has 2 fully saturated rings. The van der Waals surface area contributed by atoms with Crippen LogP contribution in [0.25, 0.3) is 0 Å². The van der Waals surface area contributed by atoms with Gasteiger partial charge in [0.15, 0.2) is 0 Å². The van der Waals surface area contributed by atoms with Crippen molar-refractivity contribution < 1.29 is 17.9 Å². The van der Waals surface area contributed by atoms with Gasteiger partial charge in [-0.2, -0.15) is 13.2 Å². The Labute approximate surface area is 125 Å². The Bertz CT molecular complexity index is 308. The van der Waals surface area contributed by atoms with Gasteiger partial charge in [0, 0.05) is 12.1 Å². The molecule has 0 aromatic rings. The summed E-state index contributed by atoms with van der Waals surface area (Å²) >= 11 is 0. The summed E-state index contributed by atoms with van der Waals surface area (Å²) in [6, 6.07) is 0.872. The average Bonchev–Trinajstić information content (AvgIpc) is 2.61. The molecule has 1 N–H and O–H groups in total. The smallest absolute Gasteiger partial charge is 0.369 e. The minimum absolute atomic E-state index is 0.234. The molecule has 2 nitrogen and oxygen atoms in total. The highest BCUT2D eigenvalue weighted by atomic mass is 19.4. The maximum absolute atomic E-state index is 12.2. The van der Waals surface area contributed by atoms with Crippen LogP contribution >= 0.6 is 0 Å². The minimum atomic E-state index is -4.21. The average molecular weight is 307 g/mol. The molecule has 2 aliphatic rings. The van der Waals surface area contributed by atoms with Gasteiger partial charge in [-0.1, -0.05) is 19.8 Å². The summed E-state index contributed by atoms with van der Waals surface area (Å²) in [6.45, 7) is 1.20. The molecule has 5 heteroatoms. The molecular weight excluding hydrogens is 279 g/mol. The van der Waals surface area contributed by atoms with Gasteiger partial charge in [0.2, 0.25) is 0 Å². The Morgan fingerprint density at radius 3 is 2.43 bits per heavy atom. The zero-order valence-corrected chi connectivity index (χ0v) is 12.9. The maximum atomic E-state index is 12.2. The predicted octanol–water partition coefficient (Wildman–Crippen LogP) is 4.43. The van der Waals surface area contributed by atoms with Crippen molar-refractivity contribution in [2.45, 2.75) is 89.1 Å². The molecule has 0 aromatic carbocycles. The first kappa shape index (κ1) is 17.1. The predicted molar refractivity (Wildman–Crippen MR) is 77.2 cm³/mol. The van der Waals surface area contributed by atoms with Crippen LogP contribution in [-0.2, 0) is 4.74 Å². The molecular formula is C16H28F3NO. The van der Waals surface area contributed by atoms with E-state index in [1.807, 2.05) is 0 Å². The maximum Gasteiger partial charge on any atom is 0.411 e. The summed E-state index contributed by atoms with van der Waals surface area (Å²) in [5.74, 6) is 0.811. The Balaban J connectivity index is 1.73. The minimum Gasteiger partial charge on any atom is -0.369 e. The lowest BCUT2D eigenvalue weighted by Gasteiger charge is -2.33. The molecule has 124 valence electrons.